The van der Waals surface area contributed by atoms with E-state index >= 15 is 0 Å². The molecule has 2 heterocycles. The number of thiophene rings is 1. The number of benzene rings is 2. The predicted octanol–water partition coefficient (Wildman–Crippen LogP) is 6.82. The summed E-state index contributed by atoms with van der Waals surface area (Å²) in [4.78, 5) is 17.2. The van der Waals surface area contributed by atoms with E-state index in [-0.39, 0.29) is 11.7 Å². The van der Waals surface area contributed by atoms with Crippen LogP contribution in [0, 0.1) is 6.92 Å². The van der Waals surface area contributed by atoms with Gasteiger partial charge in [-0.15, -0.1) is 11.3 Å². The van der Waals surface area contributed by atoms with Crippen molar-refractivity contribution >= 4 is 23.1 Å². The number of nitrogens with zero attached hydrogens (tertiary/aromatic N) is 1. The normalized spacial score (nSPS) is 16.2. The molecular formula is C24H23F3N2OS. The molecule has 0 spiro atoms. The molecule has 1 atom stereocenters. The van der Waals surface area contributed by atoms with Crippen molar-refractivity contribution in [2.45, 2.75) is 38.9 Å². The largest absolute Gasteiger partial charge is 0.418 e. The summed E-state index contributed by atoms with van der Waals surface area (Å²) in [6.07, 6.45) is -2.93. The number of amides is 2. The second kappa shape index (κ2) is 8.38. The lowest BCUT2D eigenvalue weighted by Crippen LogP contribution is -2.42. The summed E-state index contributed by atoms with van der Waals surface area (Å²) < 4.78 is 40.2. The Balaban J connectivity index is 1.73. The van der Waals surface area contributed by atoms with Gasteiger partial charge in [-0.3, -0.25) is 0 Å². The average Bonchev–Trinajstić information content (AvgIpc) is 3.08. The van der Waals surface area contributed by atoms with Crippen LogP contribution in [-0.4, -0.2) is 17.5 Å². The van der Waals surface area contributed by atoms with Gasteiger partial charge < -0.3 is 10.2 Å². The van der Waals surface area contributed by atoms with Crippen LogP contribution in [-0.2, 0) is 19.0 Å². The lowest BCUT2D eigenvalue weighted by Gasteiger charge is -2.36. The van der Waals surface area contributed by atoms with Gasteiger partial charge in [-0.2, -0.15) is 13.2 Å². The van der Waals surface area contributed by atoms with Crippen LogP contribution in [0.4, 0.5) is 23.7 Å². The number of para-hydroxylation sites is 1. The summed E-state index contributed by atoms with van der Waals surface area (Å²) in [5.41, 5.74) is 2.47. The van der Waals surface area contributed by atoms with E-state index in [1.54, 1.807) is 16.2 Å². The molecule has 4 rings (SSSR count). The average molecular weight is 445 g/mol. The molecule has 2 amide bonds. The van der Waals surface area contributed by atoms with Crippen molar-refractivity contribution in [1.29, 1.82) is 0 Å². The molecule has 0 unspecified atom stereocenters. The van der Waals surface area contributed by atoms with Gasteiger partial charge in [0.05, 0.1) is 17.3 Å². The number of fused-ring (bicyclic) bond motifs is 1. The molecule has 0 fully saturated rings. The molecule has 3 aromatic rings. The van der Waals surface area contributed by atoms with E-state index in [0.717, 1.165) is 22.9 Å². The number of rotatable bonds is 3. The van der Waals surface area contributed by atoms with Gasteiger partial charge in [0.15, 0.2) is 0 Å². The maximum Gasteiger partial charge on any atom is 0.418 e. The fraction of sp³-hybridized carbons (Fsp3) is 0.292. The quantitative estimate of drug-likeness (QED) is 0.472. The summed E-state index contributed by atoms with van der Waals surface area (Å²) in [6.45, 7) is 4.66. The van der Waals surface area contributed by atoms with Crippen LogP contribution in [0.15, 0.2) is 54.6 Å². The smallest absolute Gasteiger partial charge is 0.312 e. The molecule has 1 aliphatic heterocycles. The summed E-state index contributed by atoms with van der Waals surface area (Å²) in [5.74, 6) is 0. The summed E-state index contributed by atoms with van der Waals surface area (Å²) in [5, 5.41) is 2.52. The summed E-state index contributed by atoms with van der Waals surface area (Å²) >= 11 is 1.68. The molecule has 1 aromatic heterocycles. The van der Waals surface area contributed by atoms with Crippen molar-refractivity contribution < 1.29 is 18.0 Å². The van der Waals surface area contributed by atoms with E-state index in [0.29, 0.717) is 13.0 Å². The Labute approximate surface area is 183 Å². The maximum absolute atomic E-state index is 13.4. The number of urea groups is 1. The Bertz CT molecular complexity index is 1090. The Hall–Kier alpha value is -2.80. The van der Waals surface area contributed by atoms with E-state index in [9.17, 15) is 18.0 Å². The lowest BCUT2D eigenvalue weighted by atomic mass is 9.92. The van der Waals surface area contributed by atoms with Crippen LogP contribution in [0.2, 0.25) is 0 Å². The number of nitrogens with one attached hydrogen (secondary N) is 1. The Kier molecular flexibility index (Phi) is 5.79. The van der Waals surface area contributed by atoms with Crippen molar-refractivity contribution in [2.24, 2.45) is 0 Å². The first-order chi connectivity index (χ1) is 14.8. The van der Waals surface area contributed by atoms with E-state index in [1.807, 2.05) is 30.3 Å². The minimum Gasteiger partial charge on any atom is -0.312 e. The highest BCUT2D eigenvalue weighted by atomic mass is 32.1. The molecule has 0 aliphatic carbocycles. The molecule has 0 saturated carbocycles. The number of halogens is 3. The second-order valence-corrected chi connectivity index (χ2v) is 8.82. The van der Waals surface area contributed by atoms with Gasteiger partial charge in [0.2, 0.25) is 0 Å². The topological polar surface area (TPSA) is 32.3 Å². The molecule has 31 heavy (non-hydrogen) atoms. The number of anilines is 1. The highest BCUT2D eigenvalue weighted by Gasteiger charge is 2.37. The minimum absolute atomic E-state index is 0.228. The van der Waals surface area contributed by atoms with Gasteiger partial charge >= 0.3 is 12.2 Å². The third-order valence-electron chi connectivity index (χ3n) is 5.72. The number of aryl methyl sites for hydroxylation is 1. The van der Waals surface area contributed by atoms with Crippen molar-refractivity contribution in [3.8, 4) is 0 Å². The fourth-order valence-corrected chi connectivity index (χ4v) is 5.77. The first-order valence-corrected chi connectivity index (χ1v) is 11.0. The summed E-state index contributed by atoms with van der Waals surface area (Å²) in [7, 11) is 0. The van der Waals surface area contributed by atoms with Gasteiger partial charge in [-0.05, 0) is 48.6 Å². The third kappa shape index (κ3) is 4.06. The minimum atomic E-state index is -4.54. The van der Waals surface area contributed by atoms with E-state index in [2.05, 4.69) is 19.2 Å². The van der Waals surface area contributed by atoms with Crippen LogP contribution in [0.25, 0.3) is 0 Å². The SMILES string of the molecule is CCc1c(C)sc2c1CCN(C(=O)Nc1ccccc1C(F)(F)F)[C@H]2c1ccccc1. The highest BCUT2D eigenvalue weighted by molar-refractivity contribution is 7.12. The molecule has 7 heteroatoms. The first-order valence-electron chi connectivity index (χ1n) is 10.2. The van der Waals surface area contributed by atoms with E-state index in [1.165, 1.54) is 34.2 Å². The zero-order valence-electron chi connectivity index (χ0n) is 17.3. The Morgan fingerprint density at radius 1 is 1.13 bits per heavy atom. The zero-order chi connectivity index (χ0) is 22.2. The number of hydrogen-bond acceptors (Lipinski definition) is 2. The van der Waals surface area contributed by atoms with Crippen LogP contribution >= 0.6 is 11.3 Å². The van der Waals surface area contributed by atoms with Gasteiger partial charge in [0.1, 0.15) is 0 Å². The molecule has 0 saturated heterocycles. The van der Waals surface area contributed by atoms with Gasteiger partial charge in [0.25, 0.3) is 0 Å². The van der Waals surface area contributed by atoms with Crippen LogP contribution < -0.4 is 5.32 Å². The molecular weight excluding hydrogens is 421 g/mol. The van der Waals surface area contributed by atoms with Crippen molar-refractivity contribution in [1.82, 2.24) is 4.90 Å². The number of carbonyl (C=O) groups is 1. The standard InChI is InChI=1S/C24H23F3N2OS/c1-3-17-15(2)31-22-18(17)13-14-29(21(22)16-9-5-4-6-10-16)23(30)28-20-12-8-7-11-19(20)24(25,26)27/h4-12,21H,3,13-14H2,1-2H3,(H,28,30)/t21-/m0/s1. The molecule has 162 valence electrons. The highest BCUT2D eigenvalue weighted by Crippen LogP contribution is 2.43. The monoisotopic (exact) mass is 444 g/mol. The van der Waals surface area contributed by atoms with Crippen molar-refractivity contribution in [3.05, 3.63) is 86.6 Å². The van der Waals surface area contributed by atoms with E-state index in [4.69, 9.17) is 0 Å². The summed E-state index contributed by atoms with van der Waals surface area (Å²) in [6, 6.07) is 13.9. The molecule has 2 aromatic carbocycles. The predicted molar refractivity (Wildman–Crippen MR) is 118 cm³/mol. The Morgan fingerprint density at radius 3 is 2.48 bits per heavy atom. The first kappa shape index (κ1) is 21.4. The molecule has 0 radical (unpaired) electrons. The zero-order valence-corrected chi connectivity index (χ0v) is 18.1. The molecule has 3 nitrogen and oxygen atoms in total. The van der Waals surface area contributed by atoms with Gasteiger partial charge in [-0.1, -0.05) is 49.4 Å². The van der Waals surface area contributed by atoms with Crippen molar-refractivity contribution in [3.63, 3.8) is 0 Å². The third-order valence-corrected chi connectivity index (χ3v) is 6.96. The number of hydrogen-bond donors (Lipinski definition) is 1. The fourth-order valence-electron chi connectivity index (χ4n) is 4.32. The van der Waals surface area contributed by atoms with Crippen LogP contribution in [0.1, 0.15) is 45.0 Å². The van der Waals surface area contributed by atoms with Crippen molar-refractivity contribution in [2.75, 3.05) is 11.9 Å². The number of carbonyl (C=O) groups excluding carboxylic acids is 1. The maximum atomic E-state index is 13.4. The van der Waals surface area contributed by atoms with E-state index < -0.39 is 17.8 Å². The Morgan fingerprint density at radius 2 is 1.81 bits per heavy atom. The molecule has 0 bridgehead atoms. The lowest BCUT2D eigenvalue weighted by molar-refractivity contribution is -0.136. The van der Waals surface area contributed by atoms with Gasteiger partial charge in [0, 0.05) is 16.3 Å². The van der Waals surface area contributed by atoms with Gasteiger partial charge in [-0.25, -0.2) is 4.79 Å². The second-order valence-electron chi connectivity index (χ2n) is 7.56. The molecule has 1 aliphatic rings. The number of alkyl halides is 3. The van der Waals surface area contributed by atoms with Crippen LogP contribution in [0.5, 0.6) is 0 Å². The van der Waals surface area contributed by atoms with Crippen LogP contribution in [0.3, 0.4) is 0 Å². The molecule has 1 N–H and O–H groups in total.